The molecule has 1 aromatic carbocycles. The summed E-state index contributed by atoms with van der Waals surface area (Å²) in [5, 5.41) is 14.4. The third kappa shape index (κ3) is 7.55. The normalized spacial score (nSPS) is 25.1. The number of hydrogen-bond donors (Lipinski definition) is 1. The summed E-state index contributed by atoms with van der Waals surface area (Å²) in [5.74, 6) is -0.449. The number of fused-ring (bicyclic) bond motifs is 1. The maximum Gasteiger partial charge on any atom is 0.338 e. The van der Waals surface area contributed by atoms with Crippen molar-refractivity contribution in [3.63, 3.8) is 0 Å². The number of carbonyl (C=O) groups is 2. The molecule has 2 heterocycles. The zero-order valence-corrected chi connectivity index (χ0v) is 20.5. The highest BCUT2D eigenvalue weighted by atomic mass is 16.6. The van der Waals surface area contributed by atoms with E-state index < -0.39 is 6.10 Å². The molecule has 7 nitrogen and oxygen atoms in total. The molecule has 2 atom stereocenters. The van der Waals surface area contributed by atoms with E-state index in [0.717, 1.165) is 49.0 Å². The summed E-state index contributed by atoms with van der Waals surface area (Å²) in [7, 11) is 0. The number of aliphatic hydroxyl groups is 1. The van der Waals surface area contributed by atoms with E-state index in [1.807, 2.05) is 50.0 Å². The van der Waals surface area contributed by atoms with Gasteiger partial charge in [0.15, 0.2) is 6.61 Å². The second-order valence-corrected chi connectivity index (χ2v) is 9.18. The first kappa shape index (κ1) is 25.7. The number of carbonyl (C=O) groups excluding carboxylic acids is 2. The standard InChI is InChI=1S/C27H36N2O5/c1-19-15-20(2)26-22(16-19)17-23(28-33-18-25(31)29-13-5-4-6-14-29)10-8-12-24(30)11-7-9-21(3)34-27(26)32/h7-8,10-11,15-16,21,24,30H,4-6,9,12-14,17-18H2,1-3H3/b10-8+,11-7+,28-23?/t21-,24?/m1/s1. The van der Waals surface area contributed by atoms with Gasteiger partial charge in [-0.2, -0.15) is 0 Å². The lowest BCUT2D eigenvalue weighted by atomic mass is 9.95. The lowest BCUT2D eigenvalue weighted by Crippen LogP contribution is -2.37. The van der Waals surface area contributed by atoms with E-state index in [4.69, 9.17) is 9.57 Å². The second kappa shape index (κ2) is 12.5. The fourth-order valence-electron chi connectivity index (χ4n) is 4.35. The minimum absolute atomic E-state index is 0.0702. The number of piperidine rings is 1. The fraction of sp³-hybridized carbons (Fsp3) is 0.519. The van der Waals surface area contributed by atoms with E-state index in [2.05, 4.69) is 5.16 Å². The van der Waals surface area contributed by atoms with Gasteiger partial charge >= 0.3 is 5.97 Å². The van der Waals surface area contributed by atoms with E-state index in [0.29, 0.717) is 30.5 Å². The number of allylic oxidation sites excluding steroid dienone is 1. The average molecular weight is 469 g/mol. The van der Waals surface area contributed by atoms with Gasteiger partial charge in [-0.3, -0.25) is 4.79 Å². The molecule has 0 aromatic heterocycles. The molecule has 34 heavy (non-hydrogen) atoms. The van der Waals surface area contributed by atoms with E-state index in [-0.39, 0.29) is 24.6 Å². The van der Waals surface area contributed by atoms with Gasteiger partial charge in [0.2, 0.25) is 0 Å². The van der Waals surface area contributed by atoms with Crippen molar-refractivity contribution in [3.05, 3.63) is 58.7 Å². The van der Waals surface area contributed by atoms with Crippen LogP contribution in [0.25, 0.3) is 0 Å². The number of benzene rings is 1. The molecule has 0 spiro atoms. The first-order valence-corrected chi connectivity index (χ1v) is 12.1. The monoisotopic (exact) mass is 468 g/mol. The Bertz CT molecular complexity index is 960. The molecular formula is C27H36N2O5. The summed E-state index contributed by atoms with van der Waals surface area (Å²) >= 11 is 0. The minimum atomic E-state index is -0.651. The molecule has 1 amide bonds. The average Bonchev–Trinajstić information content (AvgIpc) is 2.78. The van der Waals surface area contributed by atoms with Crippen molar-refractivity contribution in [2.45, 2.75) is 71.5 Å². The van der Waals surface area contributed by atoms with Crippen LogP contribution in [0.4, 0.5) is 0 Å². The second-order valence-electron chi connectivity index (χ2n) is 9.18. The van der Waals surface area contributed by atoms with Crippen LogP contribution in [-0.2, 0) is 20.8 Å². The molecule has 0 aliphatic carbocycles. The Morgan fingerprint density at radius 3 is 2.71 bits per heavy atom. The van der Waals surface area contributed by atoms with Crippen molar-refractivity contribution in [2.75, 3.05) is 19.7 Å². The molecule has 7 heteroatoms. The Morgan fingerprint density at radius 2 is 1.94 bits per heavy atom. The van der Waals surface area contributed by atoms with E-state index in [9.17, 15) is 14.7 Å². The molecule has 0 radical (unpaired) electrons. The van der Waals surface area contributed by atoms with Gasteiger partial charge in [0.05, 0.1) is 17.4 Å². The summed E-state index contributed by atoms with van der Waals surface area (Å²) in [6.45, 7) is 7.12. The Balaban J connectivity index is 1.86. The van der Waals surface area contributed by atoms with Crippen LogP contribution in [0.2, 0.25) is 0 Å². The summed E-state index contributed by atoms with van der Waals surface area (Å²) in [6.07, 6.45) is 10.6. The van der Waals surface area contributed by atoms with Crippen LogP contribution in [0.15, 0.2) is 41.6 Å². The van der Waals surface area contributed by atoms with Crippen LogP contribution >= 0.6 is 0 Å². The van der Waals surface area contributed by atoms with Gasteiger partial charge in [0.1, 0.15) is 6.10 Å². The molecule has 1 unspecified atom stereocenters. The molecule has 2 aliphatic rings. The smallest absolute Gasteiger partial charge is 0.338 e. The number of rotatable bonds is 3. The molecule has 184 valence electrons. The van der Waals surface area contributed by atoms with Gasteiger partial charge < -0.3 is 19.6 Å². The number of esters is 1. The van der Waals surface area contributed by atoms with Crippen LogP contribution in [0.1, 0.15) is 66.1 Å². The largest absolute Gasteiger partial charge is 0.459 e. The zero-order chi connectivity index (χ0) is 24.5. The van der Waals surface area contributed by atoms with E-state index in [1.54, 1.807) is 12.2 Å². The lowest BCUT2D eigenvalue weighted by molar-refractivity contribution is -0.137. The Hall–Kier alpha value is -2.93. The first-order chi connectivity index (χ1) is 16.3. The lowest BCUT2D eigenvalue weighted by Gasteiger charge is -2.26. The molecule has 1 aromatic rings. The fourth-order valence-corrected chi connectivity index (χ4v) is 4.35. The quantitative estimate of drug-likeness (QED) is 0.411. The third-order valence-electron chi connectivity index (χ3n) is 6.04. The van der Waals surface area contributed by atoms with Crippen LogP contribution in [0.5, 0.6) is 0 Å². The van der Waals surface area contributed by atoms with Gasteiger partial charge in [-0.15, -0.1) is 0 Å². The van der Waals surface area contributed by atoms with Gasteiger partial charge in [0, 0.05) is 25.9 Å². The van der Waals surface area contributed by atoms with Crippen molar-refractivity contribution in [2.24, 2.45) is 5.16 Å². The third-order valence-corrected chi connectivity index (χ3v) is 6.04. The Morgan fingerprint density at radius 1 is 1.18 bits per heavy atom. The molecule has 3 rings (SSSR count). The predicted octanol–water partition coefficient (Wildman–Crippen LogP) is 4.04. The number of hydrogen-bond acceptors (Lipinski definition) is 6. The van der Waals surface area contributed by atoms with Crippen molar-refractivity contribution in [1.29, 1.82) is 0 Å². The van der Waals surface area contributed by atoms with Gasteiger partial charge in [-0.05, 0) is 63.7 Å². The number of cyclic esters (lactones) is 1. The van der Waals surface area contributed by atoms with Crippen LogP contribution in [-0.4, -0.2) is 59.5 Å². The number of ether oxygens (including phenoxy) is 1. The van der Waals surface area contributed by atoms with Crippen LogP contribution in [0.3, 0.4) is 0 Å². The molecule has 0 saturated carbocycles. The zero-order valence-electron chi connectivity index (χ0n) is 20.5. The maximum absolute atomic E-state index is 13.0. The van der Waals surface area contributed by atoms with Crippen molar-refractivity contribution < 1.29 is 24.3 Å². The Labute approximate surface area is 202 Å². The van der Waals surface area contributed by atoms with Gasteiger partial charge in [0.25, 0.3) is 5.91 Å². The molecule has 1 fully saturated rings. The topological polar surface area (TPSA) is 88.4 Å². The summed E-state index contributed by atoms with van der Waals surface area (Å²) in [5.41, 5.74) is 3.75. The van der Waals surface area contributed by atoms with Crippen molar-refractivity contribution in [1.82, 2.24) is 4.90 Å². The van der Waals surface area contributed by atoms with E-state index in [1.165, 1.54) is 0 Å². The van der Waals surface area contributed by atoms with Crippen molar-refractivity contribution in [3.8, 4) is 0 Å². The highest BCUT2D eigenvalue weighted by Crippen LogP contribution is 2.21. The molecule has 2 aliphatic heterocycles. The van der Waals surface area contributed by atoms with Gasteiger partial charge in [-0.25, -0.2) is 4.79 Å². The SMILES string of the molecule is Cc1cc(C)c2c(c1)CC(=NOCC(=O)N1CCCCC1)/C=C/CC(O)/C=C/C[C@@H](C)OC2=O. The number of aliphatic hydroxyl groups excluding tert-OH is 1. The first-order valence-electron chi connectivity index (χ1n) is 12.1. The Kier molecular flexibility index (Phi) is 9.45. The molecular weight excluding hydrogens is 432 g/mol. The minimum Gasteiger partial charge on any atom is -0.459 e. The highest BCUT2D eigenvalue weighted by molar-refractivity contribution is 6.00. The van der Waals surface area contributed by atoms with Crippen LogP contribution in [0, 0.1) is 13.8 Å². The van der Waals surface area contributed by atoms with E-state index >= 15 is 0 Å². The predicted molar refractivity (Wildman–Crippen MR) is 132 cm³/mol. The van der Waals surface area contributed by atoms with Crippen molar-refractivity contribution >= 4 is 17.6 Å². The summed E-state index contributed by atoms with van der Waals surface area (Å²) in [6, 6.07) is 3.92. The van der Waals surface area contributed by atoms with Crippen LogP contribution < -0.4 is 0 Å². The number of likely N-dealkylation sites (tertiary alicyclic amines) is 1. The molecule has 1 saturated heterocycles. The number of oxime groups is 1. The summed E-state index contributed by atoms with van der Waals surface area (Å²) < 4.78 is 5.68. The maximum atomic E-state index is 13.0. The highest BCUT2D eigenvalue weighted by Gasteiger charge is 2.21. The number of aryl methyl sites for hydroxylation is 2. The molecule has 1 N–H and O–H groups in total. The summed E-state index contributed by atoms with van der Waals surface area (Å²) in [4.78, 5) is 32.7. The molecule has 0 bridgehead atoms. The number of nitrogens with zero attached hydrogens (tertiary/aromatic N) is 2. The van der Waals surface area contributed by atoms with Gasteiger partial charge in [-0.1, -0.05) is 41.1 Å². The number of amides is 1.